The topological polar surface area (TPSA) is 152 Å². The van der Waals surface area contributed by atoms with Gasteiger partial charge >= 0.3 is 22.1 Å². The number of piperazine rings is 1. The summed E-state index contributed by atoms with van der Waals surface area (Å²) in [7, 11) is -4.14. The predicted molar refractivity (Wildman–Crippen MR) is 139 cm³/mol. The van der Waals surface area contributed by atoms with Crippen molar-refractivity contribution in [2.24, 2.45) is 5.14 Å². The van der Waals surface area contributed by atoms with Gasteiger partial charge in [0.25, 0.3) is 0 Å². The fourth-order valence-corrected chi connectivity index (χ4v) is 5.89. The minimum absolute atomic E-state index is 0.0647. The van der Waals surface area contributed by atoms with Gasteiger partial charge < -0.3 is 19.3 Å². The van der Waals surface area contributed by atoms with Gasteiger partial charge in [-0.1, -0.05) is 18.2 Å². The number of thiazole rings is 1. The number of likely N-dealkylation sites (N-methyl/N-ethyl adjacent to an activating group) is 1. The molecule has 4 rings (SSSR count). The molecule has 0 aliphatic carbocycles. The van der Waals surface area contributed by atoms with Crippen molar-refractivity contribution in [3.8, 4) is 15.6 Å². The predicted octanol–water partition coefficient (Wildman–Crippen LogP) is 1.54. The number of nitrogens with two attached hydrogens (primary N) is 1. The number of benzene rings is 1. The number of hydrogen-bond acceptors (Lipinski definition) is 9. The first-order valence-corrected chi connectivity index (χ1v) is 14.5. The molecule has 3 N–H and O–H groups in total. The summed E-state index contributed by atoms with van der Waals surface area (Å²) in [4.78, 5) is 46.0. The van der Waals surface area contributed by atoms with Gasteiger partial charge in [0.15, 0.2) is 0 Å². The molecule has 1 saturated heterocycles. The van der Waals surface area contributed by atoms with Gasteiger partial charge in [0.05, 0.1) is 16.6 Å². The van der Waals surface area contributed by atoms with Crippen LogP contribution in [-0.2, 0) is 31.1 Å². The number of carbonyl (C=O) groups excluding carboxylic acids is 3. The number of amides is 3. The maximum absolute atomic E-state index is 13.0. The highest BCUT2D eigenvalue weighted by Gasteiger charge is 2.33. The maximum Gasteiger partial charge on any atom is 0.380 e. The van der Waals surface area contributed by atoms with Crippen LogP contribution < -0.4 is 14.6 Å². The first-order valence-electron chi connectivity index (χ1n) is 11.3. The first kappa shape index (κ1) is 26.7. The lowest BCUT2D eigenvalue weighted by atomic mass is 10.0. The molecule has 196 valence electrons. The molecule has 1 atom stereocenters. The second-order valence-electron chi connectivity index (χ2n) is 8.21. The van der Waals surface area contributed by atoms with Gasteiger partial charge in [0.1, 0.15) is 17.3 Å². The summed E-state index contributed by atoms with van der Waals surface area (Å²) in [6, 6.07) is 9.62. The van der Waals surface area contributed by atoms with Crippen LogP contribution in [0.2, 0.25) is 0 Å². The molecule has 1 aromatic carbocycles. The van der Waals surface area contributed by atoms with Gasteiger partial charge in [-0.15, -0.1) is 22.7 Å². The quantitative estimate of drug-likeness (QED) is 0.355. The van der Waals surface area contributed by atoms with Crippen LogP contribution in [0.1, 0.15) is 24.2 Å². The van der Waals surface area contributed by atoms with Crippen LogP contribution in [0.3, 0.4) is 0 Å². The molecule has 14 heteroatoms. The Labute approximate surface area is 222 Å². The van der Waals surface area contributed by atoms with Crippen LogP contribution in [0.4, 0.5) is 0 Å². The number of nitrogens with zero attached hydrogens (tertiary/aromatic N) is 3. The highest BCUT2D eigenvalue weighted by molar-refractivity contribution is 7.84. The largest absolute Gasteiger partial charge is 0.380 e. The van der Waals surface area contributed by atoms with Gasteiger partial charge in [-0.2, -0.15) is 13.6 Å². The highest BCUT2D eigenvalue weighted by Crippen LogP contribution is 2.31. The van der Waals surface area contributed by atoms with Crippen LogP contribution in [0.5, 0.6) is 5.75 Å². The average Bonchev–Trinajstić information content (AvgIpc) is 3.54. The monoisotopic (exact) mass is 563 g/mol. The van der Waals surface area contributed by atoms with Crippen LogP contribution in [-0.4, -0.2) is 67.1 Å². The zero-order valence-corrected chi connectivity index (χ0v) is 22.3. The maximum atomic E-state index is 13.0. The molecule has 1 fully saturated rings. The standard InChI is InChI=1S/C23H25N5O6S3/c1-2-27-9-10-28(23(31)22(27)30)13-20(29)25-17(18-14-36-21(26-18)19-4-3-11-35-19)12-15-5-7-16(8-6-15)34-37(24,32)33/h3-8,11,14,17H,2,9-10,12-13H2,1H3,(H,25,29)(H2,24,32,33). The van der Waals surface area contributed by atoms with Crippen molar-refractivity contribution in [3.63, 3.8) is 0 Å². The van der Waals surface area contributed by atoms with Crippen LogP contribution in [0.15, 0.2) is 47.2 Å². The number of thiophene rings is 1. The van der Waals surface area contributed by atoms with E-state index in [0.29, 0.717) is 25.2 Å². The lowest BCUT2D eigenvalue weighted by Gasteiger charge is -2.33. The van der Waals surface area contributed by atoms with Gasteiger partial charge in [-0.3, -0.25) is 14.4 Å². The molecule has 1 aliphatic heterocycles. The summed E-state index contributed by atoms with van der Waals surface area (Å²) in [6.45, 7) is 2.64. The van der Waals surface area contributed by atoms with E-state index in [9.17, 15) is 22.8 Å². The third-order valence-corrected chi connectivity index (χ3v) is 7.96. The van der Waals surface area contributed by atoms with Crippen LogP contribution in [0.25, 0.3) is 9.88 Å². The molecule has 0 radical (unpaired) electrons. The Morgan fingerprint density at radius 3 is 2.49 bits per heavy atom. The molecule has 0 saturated carbocycles. The summed E-state index contributed by atoms with van der Waals surface area (Å²) in [5.41, 5.74) is 1.42. The Morgan fingerprint density at radius 1 is 1.14 bits per heavy atom. The van der Waals surface area contributed by atoms with Crippen molar-refractivity contribution in [3.05, 3.63) is 58.4 Å². The smallest absolute Gasteiger partial charge is 0.371 e. The van der Waals surface area contributed by atoms with Crippen molar-refractivity contribution in [1.29, 1.82) is 0 Å². The molecular weight excluding hydrogens is 538 g/mol. The molecule has 2 aromatic heterocycles. The normalized spacial score (nSPS) is 15.1. The van der Waals surface area contributed by atoms with Gasteiger partial charge in [0.2, 0.25) is 5.91 Å². The SMILES string of the molecule is CCN1CCN(CC(=O)NC(Cc2ccc(OS(N)(=O)=O)cc2)c2csc(-c3cccs3)n2)C(=O)C1=O. The molecule has 1 aliphatic rings. The van der Waals surface area contributed by atoms with E-state index >= 15 is 0 Å². The van der Waals surface area contributed by atoms with E-state index in [4.69, 9.17) is 10.1 Å². The number of rotatable bonds is 10. The van der Waals surface area contributed by atoms with Crippen LogP contribution in [0, 0.1) is 0 Å². The van der Waals surface area contributed by atoms with Gasteiger partial charge in [-0.25, -0.2) is 4.98 Å². The third kappa shape index (κ3) is 6.91. The second kappa shape index (κ2) is 11.4. The minimum atomic E-state index is -4.14. The number of hydrogen-bond donors (Lipinski definition) is 2. The Morgan fingerprint density at radius 2 is 1.84 bits per heavy atom. The molecule has 11 nitrogen and oxygen atoms in total. The Balaban J connectivity index is 1.50. The molecule has 1 unspecified atom stereocenters. The Kier molecular flexibility index (Phi) is 8.22. The van der Waals surface area contributed by atoms with Crippen molar-refractivity contribution in [1.82, 2.24) is 20.1 Å². The molecule has 3 heterocycles. The second-order valence-corrected chi connectivity index (χ2v) is 11.2. The van der Waals surface area contributed by atoms with E-state index in [1.165, 1.54) is 33.3 Å². The molecule has 37 heavy (non-hydrogen) atoms. The van der Waals surface area contributed by atoms with Crippen molar-refractivity contribution >= 4 is 50.7 Å². The van der Waals surface area contributed by atoms with E-state index in [1.54, 1.807) is 30.4 Å². The van der Waals surface area contributed by atoms with E-state index in [1.807, 2.05) is 22.9 Å². The number of nitrogens with one attached hydrogen (secondary N) is 1. The van der Waals surface area contributed by atoms with E-state index in [2.05, 4.69) is 9.50 Å². The summed E-state index contributed by atoms with van der Waals surface area (Å²) in [5, 5.41) is 12.5. The zero-order valence-electron chi connectivity index (χ0n) is 19.8. The molecule has 3 amide bonds. The van der Waals surface area contributed by atoms with E-state index < -0.39 is 34.1 Å². The van der Waals surface area contributed by atoms with E-state index in [-0.39, 0.29) is 18.8 Å². The first-order chi connectivity index (χ1) is 17.6. The summed E-state index contributed by atoms with van der Waals surface area (Å²) >= 11 is 3.01. The van der Waals surface area contributed by atoms with Crippen molar-refractivity contribution < 1.29 is 27.0 Å². The molecule has 0 spiro atoms. The van der Waals surface area contributed by atoms with Crippen molar-refractivity contribution in [2.75, 3.05) is 26.2 Å². The zero-order chi connectivity index (χ0) is 26.6. The fraction of sp³-hybridized carbons (Fsp3) is 0.304. The number of aromatic nitrogens is 1. The Hall–Kier alpha value is -3.33. The summed E-state index contributed by atoms with van der Waals surface area (Å²) < 4.78 is 27.0. The third-order valence-electron chi connectivity index (χ3n) is 5.64. The van der Waals surface area contributed by atoms with Crippen LogP contribution >= 0.6 is 22.7 Å². The lowest BCUT2D eigenvalue weighted by molar-refractivity contribution is -0.156. The lowest BCUT2D eigenvalue weighted by Crippen LogP contribution is -2.56. The summed E-state index contributed by atoms with van der Waals surface area (Å²) in [6.07, 6.45) is 0.339. The van der Waals surface area contributed by atoms with Crippen molar-refractivity contribution in [2.45, 2.75) is 19.4 Å². The number of carbonyl (C=O) groups is 3. The minimum Gasteiger partial charge on any atom is -0.371 e. The molecule has 3 aromatic rings. The molecular formula is C23H25N5O6S3. The van der Waals surface area contributed by atoms with Gasteiger partial charge in [0, 0.05) is 25.0 Å². The Bertz CT molecular complexity index is 1370. The van der Waals surface area contributed by atoms with E-state index in [0.717, 1.165) is 15.4 Å². The molecule has 0 bridgehead atoms. The highest BCUT2D eigenvalue weighted by atomic mass is 32.2. The average molecular weight is 564 g/mol. The summed E-state index contributed by atoms with van der Waals surface area (Å²) in [5.74, 6) is -1.66. The van der Waals surface area contributed by atoms with Gasteiger partial charge in [-0.05, 0) is 42.5 Å². The fourth-order valence-electron chi connectivity index (χ4n) is 3.82.